The lowest BCUT2D eigenvalue weighted by Gasteiger charge is -2.12. The molecule has 2 aromatic heterocycles. The molecule has 1 aliphatic rings. The molecule has 0 saturated heterocycles. The van der Waals surface area contributed by atoms with Crippen molar-refractivity contribution >= 4 is 28.2 Å². The van der Waals surface area contributed by atoms with Crippen LogP contribution in [0.5, 0.6) is 0 Å². The number of carbonyl (C=O) groups is 2. The maximum absolute atomic E-state index is 12.5. The summed E-state index contributed by atoms with van der Waals surface area (Å²) in [6, 6.07) is 3.73. The Labute approximate surface area is 157 Å². The van der Waals surface area contributed by atoms with Gasteiger partial charge in [0.1, 0.15) is 11.5 Å². The summed E-state index contributed by atoms with van der Waals surface area (Å²) >= 11 is 1.52. The van der Waals surface area contributed by atoms with Crippen LogP contribution in [-0.2, 0) is 28.9 Å². The van der Waals surface area contributed by atoms with Crippen molar-refractivity contribution in [2.45, 2.75) is 38.6 Å². The Hall–Kier alpha value is -2.12. The van der Waals surface area contributed by atoms with Crippen molar-refractivity contribution in [1.82, 2.24) is 0 Å². The number of anilines is 1. The predicted octanol–water partition coefficient (Wildman–Crippen LogP) is 2.05. The Morgan fingerprint density at radius 2 is 2.12 bits per heavy atom. The number of likely N-dealkylation sites (N-methyl/N-ethyl adjacent to an activating group) is 1. The van der Waals surface area contributed by atoms with Gasteiger partial charge in [-0.25, -0.2) is 4.79 Å². The first-order valence-electron chi connectivity index (χ1n) is 8.95. The van der Waals surface area contributed by atoms with Gasteiger partial charge in [-0.15, -0.1) is 11.3 Å². The zero-order valence-electron chi connectivity index (χ0n) is 15.2. The minimum absolute atomic E-state index is 0.115. The average molecular weight is 377 g/mol. The van der Waals surface area contributed by atoms with Gasteiger partial charge < -0.3 is 19.4 Å². The minimum Gasteiger partial charge on any atom is -0.465 e. The van der Waals surface area contributed by atoms with E-state index < -0.39 is 0 Å². The number of thiophene rings is 1. The molecule has 26 heavy (non-hydrogen) atoms. The molecule has 0 aliphatic heterocycles. The number of methoxy groups -OCH3 is 1. The number of amides is 1. The van der Waals surface area contributed by atoms with E-state index in [4.69, 9.17) is 9.15 Å². The number of furan rings is 1. The van der Waals surface area contributed by atoms with Crippen LogP contribution < -0.4 is 10.2 Å². The Morgan fingerprint density at radius 3 is 2.85 bits per heavy atom. The number of quaternary nitrogens is 1. The molecule has 140 valence electrons. The van der Waals surface area contributed by atoms with Crippen molar-refractivity contribution in [3.8, 4) is 0 Å². The maximum atomic E-state index is 12.5. The van der Waals surface area contributed by atoms with Gasteiger partial charge in [0.05, 0.1) is 26.0 Å². The molecule has 7 heteroatoms. The van der Waals surface area contributed by atoms with Gasteiger partial charge in [0.2, 0.25) is 0 Å². The van der Waals surface area contributed by atoms with Crippen molar-refractivity contribution in [2.24, 2.45) is 0 Å². The molecule has 0 radical (unpaired) electrons. The number of ether oxygens (including phenoxy) is 1. The van der Waals surface area contributed by atoms with E-state index in [0.29, 0.717) is 23.7 Å². The highest BCUT2D eigenvalue weighted by Gasteiger charge is 2.26. The number of hydrogen-bond donors (Lipinski definition) is 2. The molecule has 0 aromatic carbocycles. The monoisotopic (exact) mass is 377 g/mol. The van der Waals surface area contributed by atoms with Crippen molar-refractivity contribution in [1.29, 1.82) is 0 Å². The van der Waals surface area contributed by atoms with Crippen LogP contribution in [0, 0.1) is 0 Å². The number of fused-ring (bicyclic) bond motifs is 1. The van der Waals surface area contributed by atoms with E-state index in [9.17, 15) is 9.59 Å². The molecule has 0 fully saturated rings. The van der Waals surface area contributed by atoms with Crippen LogP contribution in [0.15, 0.2) is 22.8 Å². The fraction of sp³-hybridized carbons (Fsp3) is 0.474. The van der Waals surface area contributed by atoms with Gasteiger partial charge in [0, 0.05) is 4.88 Å². The highest BCUT2D eigenvalue weighted by molar-refractivity contribution is 7.17. The molecule has 2 N–H and O–H groups in total. The number of aryl methyl sites for hydroxylation is 1. The summed E-state index contributed by atoms with van der Waals surface area (Å²) in [5.41, 5.74) is 1.61. The van der Waals surface area contributed by atoms with Crippen molar-refractivity contribution < 1.29 is 23.6 Å². The van der Waals surface area contributed by atoms with E-state index in [-0.39, 0.29) is 11.9 Å². The number of hydrogen-bond acceptors (Lipinski definition) is 5. The summed E-state index contributed by atoms with van der Waals surface area (Å²) in [5.74, 6) is 0.361. The molecular weight excluding hydrogens is 352 g/mol. The summed E-state index contributed by atoms with van der Waals surface area (Å²) in [6.45, 7) is 0.926. The van der Waals surface area contributed by atoms with Gasteiger partial charge in [-0.3, -0.25) is 4.79 Å². The second-order valence-electron chi connectivity index (χ2n) is 6.70. The molecule has 0 spiro atoms. The SMILES string of the molecule is COC(=O)c1c(NC(=O)C[NH+](C)Cc2ccco2)sc2c1CCCCC2. The zero-order valence-corrected chi connectivity index (χ0v) is 16.0. The van der Waals surface area contributed by atoms with E-state index in [2.05, 4.69) is 5.32 Å². The largest absolute Gasteiger partial charge is 0.465 e. The van der Waals surface area contributed by atoms with Crippen molar-refractivity contribution in [3.63, 3.8) is 0 Å². The van der Waals surface area contributed by atoms with Crippen molar-refractivity contribution in [3.05, 3.63) is 40.2 Å². The van der Waals surface area contributed by atoms with Crippen molar-refractivity contribution in [2.75, 3.05) is 26.0 Å². The van der Waals surface area contributed by atoms with Crippen LogP contribution in [-0.4, -0.2) is 32.6 Å². The molecule has 0 saturated carbocycles. The molecule has 6 nitrogen and oxygen atoms in total. The summed E-state index contributed by atoms with van der Waals surface area (Å²) in [4.78, 5) is 27.0. The molecule has 1 unspecified atom stereocenters. The third-order valence-electron chi connectivity index (χ3n) is 4.58. The minimum atomic E-state index is -0.365. The average Bonchev–Trinajstić information content (AvgIpc) is 3.16. The fourth-order valence-corrected chi connectivity index (χ4v) is 4.66. The van der Waals surface area contributed by atoms with Crippen LogP contribution in [0.3, 0.4) is 0 Å². The number of esters is 1. The Balaban J connectivity index is 1.72. The van der Waals surface area contributed by atoms with Crippen LogP contribution >= 0.6 is 11.3 Å². The first kappa shape index (κ1) is 18.7. The van der Waals surface area contributed by atoms with Gasteiger partial charge in [-0.2, -0.15) is 0 Å². The number of carbonyl (C=O) groups excluding carboxylic acids is 2. The molecule has 1 amide bonds. The zero-order chi connectivity index (χ0) is 18.5. The quantitative estimate of drug-likeness (QED) is 0.597. The first-order chi connectivity index (χ1) is 12.6. The maximum Gasteiger partial charge on any atom is 0.341 e. The summed E-state index contributed by atoms with van der Waals surface area (Å²) < 4.78 is 10.3. The molecule has 1 aliphatic carbocycles. The van der Waals surface area contributed by atoms with Gasteiger partial charge in [-0.05, 0) is 43.4 Å². The number of nitrogens with one attached hydrogen (secondary N) is 2. The van der Waals surface area contributed by atoms with E-state index in [1.54, 1.807) is 6.26 Å². The third kappa shape index (κ3) is 4.34. The van der Waals surface area contributed by atoms with Gasteiger partial charge in [0.25, 0.3) is 5.91 Å². The van der Waals surface area contributed by atoms with Gasteiger partial charge >= 0.3 is 5.97 Å². The summed E-state index contributed by atoms with van der Waals surface area (Å²) in [6.07, 6.45) is 6.82. The Morgan fingerprint density at radius 1 is 1.31 bits per heavy atom. The highest BCUT2D eigenvalue weighted by Crippen LogP contribution is 2.37. The smallest absolute Gasteiger partial charge is 0.341 e. The van der Waals surface area contributed by atoms with Gasteiger partial charge in [-0.1, -0.05) is 6.42 Å². The molecular formula is C19H25N2O4S+. The normalized spacial score (nSPS) is 15.0. The molecule has 0 bridgehead atoms. The molecule has 2 heterocycles. The van der Waals surface area contributed by atoms with Gasteiger partial charge in [0.15, 0.2) is 12.3 Å². The Kier molecular flexibility index (Phi) is 6.11. The van der Waals surface area contributed by atoms with Crippen LogP contribution in [0.25, 0.3) is 0 Å². The molecule has 1 atom stereocenters. The molecule has 3 rings (SSSR count). The first-order valence-corrected chi connectivity index (χ1v) is 9.76. The van der Waals surface area contributed by atoms with E-state index in [0.717, 1.165) is 41.9 Å². The lowest BCUT2D eigenvalue weighted by atomic mass is 10.1. The lowest BCUT2D eigenvalue weighted by Crippen LogP contribution is -3.08. The summed E-state index contributed by atoms with van der Waals surface area (Å²) in [7, 11) is 3.32. The Bertz CT molecular complexity index is 767. The summed E-state index contributed by atoms with van der Waals surface area (Å²) in [5, 5.41) is 3.57. The predicted molar refractivity (Wildman–Crippen MR) is 99.7 cm³/mol. The van der Waals surface area contributed by atoms with E-state index in [1.807, 2.05) is 19.2 Å². The second kappa shape index (κ2) is 8.51. The lowest BCUT2D eigenvalue weighted by molar-refractivity contribution is -0.886. The topological polar surface area (TPSA) is 73.0 Å². The standard InChI is InChI=1S/C19H24N2O4S/c1-21(11-13-7-6-10-25-13)12-16(22)20-18-17(19(23)24-2)14-8-4-3-5-9-15(14)26-18/h6-7,10H,3-5,8-9,11-12H2,1-2H3,(H,20,22)/p+1. The van der Waals surface area contributed by atoms with E-state index >= 15 is 0 Å². The second-order valence-corrected chi connectivity index (χ2v) is 7.80. The van der Waals surface area contributed by atoms with E-state index in [1.165, 1.54) is 29.7 Å². The van der Waals surface area contributed by atoms with Crippen LogP contribution in [0.4, 0.5) is 5.00 Å². The van der Waals surface area contributed by atoms with Crippen LogP contribution in [0.1, 0.15) is 45.8 Å². The number of rotatable bonds is 6. The van der Waals surface area contributed by atoms with Crippen LogP contribution in [0.2, 0.25) is 0 Å². The fourth-order valence-electron chi connectivity index (χ4n) is 3.37. The highest BCUT2D eigenvalue weighted by atomic mass is 32.1. The molecule has 2 aromatic rings. The third-order valence-corrected chi connectivity index (χ3v) is 5.79.